The van der Waals surface area contributed by atoms with E-state index in [9.17, 15) is 9.59 Å². The van der Waals surface area contributed by atoms with E-state index in [0.29, 0.717) is 30.3 Å². The highest BCUT2D eigenvalue weighted by atomic mass is 16.1. The van der Waals surface area contributed by atoms with E-state index in [0.717, 1.165) is 0 Å². The van der Waals surface area contributed by atoms with Crippen LogP contribution in [0.4, 0.5) is 5.95 Å². The predicted molar refractivity (Wildman–Crippen MR) is 75.6 cm³/mol. The molecule has 21 heavy (non-hydrogen) atoms. The first-order chi connectivity index (χ1) is 9.91. The molecule has 1 aromatic rings. The summed E-state index contributed by atoms with van der Waals surface area (Å²) in [6.45, 7) is 4.87. The van der Waals surface area contributed by atoms with Gasteiger partial charge in [0.05, 0.1) is 17.7 Å². The molecule has 0 radical (unpaired) electrons. The molecule has 0 aromatic carbocycles. The van der Waals surface area contributed by atoms with Crippen LogP contribution in [0.3, 0.4) is 0 Å². The normalized spacial score (nSPS) is 27.7. The second-order valence-electron chi connectivity index (χ2n) is 5.69. The number of Topliss-reactive ketones (excluding diaryl/α,β-unsaturated/α-hetero) is 2. The van der Waals surface area contributed by atoms with E-state index in [1.165, 1.54) is 9.69 Å². The fourth-order valence-corrected chi connectivity index (χ4v) is 3.23. The maximum Gasteiger partial charge on any atom is 0.263 e. The van der Waals surface area contributed by atoms with Gasteiger partial charge in [-0.2, -0.15) is 9.78 Å². The van der Waals surface area contributed by atoms with Crippen molar-refractivity contribution in [2.75, 3.05) is 5.01 Å². The molecular formula is C13H18N6O2. The van der Waals surface area contributed by atoms with Crippen molar-refractivity contribution in [3.63, 3.8) is 0 Å². The third kappa shape index (κ3) is 1.98. The molecule has 0 unspecified atom stereocenters. The molecule has 2 N–H and O–H groups in total. The lowest BCUT2D eigenvalue weighted by molar-refractivity contribution is -0.123. The number of hydrogen-bond acceptors (Lipinski definition) is 7. The summed E-state index contributed by atoms with van der Waals surface area (Å²) in [5, 5.41) is 13.9. The summed E-state index contributed by atoms with van der Waals surface area (Å²) in [6, 6.07) is -0.416. The van der Waals surface area contributed by atoms with Gasteiger partial charge in [0.1, 0.15) is 11.6 Å². The molecule has 0 amide bonds. The summed E-state index contributed by atoms with van der Waals surface area (Å²) >= 11 is 0. The van der Waals surface area contributed by atoms with Gasteiger partial charge in [-0.15, -0.1) is 10.2 Å². The highest BCUT2D eigenvalue weighted by Gasteiger charge is 2.46. The third-order valence-corrected chi connectivity index (χ3v) is 4.35. The lowest BCUT2D eigenvalue weighted by Crippen LogP contribution is -2.59. The van der Waals surface area contributed by atoms with Gasteiger partial charge in [-0.05, 0) is 33.6 Å². The second kappa shape index (κ2) is 4.73. The van der Waals surface area contributed by atoms with Gasteiger partial charge in [0.25, 0.3) is 5.95 Å². The fourth-order valence-electron chi connectivity index (χ4n) is 3.23. The Morgan fingerprint density at radius 3 is 2.52 bits per heavy atom. The van der Waals surface area contributed by atoms with Crippen LogP contribution in [0, 0.1) is 18.8 Å². The van der Waals surface area contributed by atoms with E-state index in [1.807, 2.05) is 0 Å². The first kappa shape index (κ1) is 13.9. The van der Waals surface area contributed by atoms with Crippen LogP contribution in [0.1, 0.15) is 32.5 Å². The monoisotopic (exact) mass is 290 g/mol. The zero-order valence-electron chi connectivity index (χ0n) is 12.3. The average Bonchev–Trinajstić information content (AvgIpc) is 2.79. The number of nitrogens with two attached hydrogens (primary N) is 1. The van der Waals surface area contributed by atoms with Crippen LogP contribution in [-0.2, 0) is 9.59 Å². The minimum atomic E-state index is -0.416. The summed E-state index contributed by atoms with van der Waals surface area (Å²) in [5.41, 5.74) is 0.645. The van der Waals surface area contributed by atoms with E-state index in [2.05, 4.69) is 15.3 Å². The van der Waals surface area contributed by atoms with Crippen LogP contribution in [0.15, 0.2) is 5.10 Å². The minimum Gasteiger partial charge on any atom is -0.300 e. The summed E-state index contributed by atoms with van der Waals surface area (Å²) in [5.74, 6) is 6.69. The first-order valence-corrected chi connectivity index (χ1v) is 6.97. The molecule has 8 nitrogen and oxygen atoms in total. The molecule has 1 saturated carbocycles. The number of rotatable bonds is 2. The maximum atomic E-state index is 11.9. The Bertz CT molecular complexity index is 649. The van der Waals surface area contributed by atoms with Gasteiger partial charge in [0, 0.05) is 5.92 Å². The van der Waals surface area contributed by atoms with Crippen molar-refractivity contribution in [1.29, 1.82) is 0 Å². The zero-order valence-corrected chi connectivity index (χ0v) is 12.3. The minimum absolute atomic E-state index is 0.0447. The van der Waals surface area contributed by atoms with Crippen molar-refractivity contribution in [3.8, 4) is 0 Å². The van der Waals surface area contributed by atoms with Gasteiger partial charge >= 0.3 is 0 Å². The Kier molecular flexibility index (Phi) is 3.12. The lowest BCUT2D eigenvalue weighted by atomic mass is 9.73. The quantitative estimate of drug-likeness (QED) is 0.772. The molecule has 0 spiro atoms. The van der Waals surface area contributed by atoms with Crippen molar-refractivity contribution < 1.29 is 9.59 Å². The van der Waals surface area contributed by atoms with Crippen molar-refractivity contribution in [2.24, 2.45) is 22.8 Å². The number of anilines is 1. The van der Waals surface area contributed by atoms with Crippen molar-refractivity contribution >= 4 is 23.2 Å². The van der Waals surface area contributed by atoms with Crippen molar-refractivity contribution in [1.82, 2.24) is 14.9 Å². The fraction of sp³-hybridized carbons (Fsp3) is 0.615. The van der Waals surface area contributed by atoms with E-state index in [1.54, 1.807) is 20.8 Å². The highest BCUT2D eigenvalue weighted by molar-refractivity contribution is 6.10. The number of ketones is 2. The summed E-state index contributed by atoms with van der Waals surface area (Å²) in [4.78, 5) is 23.8. The summed E-state index contributed by atoms with van der Waals surface area (Å²) in [7, 11) is 0. The number of nitrogens with zero attached hydrogens (tertiary/aromatic N) is 5. The van der Waals surface area contributed by atoms with Crippen LogP contribution in [0.25, 0.3) is 0 Å². The van der Waals surface area contributed by atoms with Crippen LogP contribution >= 0.6 is 0 Å². The SMILES string of the molecule is CC(=O)[C@@H]1CC[C@H](C(C)=O)[C@H]2C1=Nn1c(C)nnc1N2N. The third-order valence-electron chi connectivity index (χ3n) is 4.35. The highest BCUT2D eigenvalue weighted by Crippen LogP contribution is 2.35. The number of carbonyl (C=O) groups excluding carboxylic acids is 2. The van der Waals surface area contributed by atoms with Gasteiger partial charge in [-0.1, -0.05) is 0 Å². The molecule has 112 valence electrons. The second-order valence-corrected chi connectivity index (χ2v) is 5.69. The van der Waals surface area contributed by atoms with E-state index < -0.39 is 6.04 Å². The summed E-state index contributed by atoms with van der Waals surface area (Å²) in [6.07, 6.45) is 1.25. The molecule has 1 aliphatic carbocycles. The number of aromatic nitrogens is 3. The molecule has 8 heteroatoms. The number of carbonyl (C=O) groups is 2. The standard InChI is InChI=1S/C13H18N6O2/c1-6(20)9-4-5-10(7(2)21)12-11(9)17-19-8(3)15-16-13(19)18(12)14/h9-10,12H,4-5,14H2,1-3H3/t9-,10+,12-/m0/s1. The van der Waals surface area contributed by atoms with Gasteiger partial charge in [-0.3, -0.25) is 14.6 Å². The molecule has 2 heterocycles. The largest absolute Gasteiger partial charge is 0.300 e. The summed E-state index contributed by atoms with van der Waals surface area (Å²) < 4.78 is 1.53. The molecular weight excluding hydrogens is 272 g/mol. The Balaban J connectivity index is 2.15. The molecule has 3 atom stereocenters. The topological polar surface area (TPSA) is 106 Å². The molecule has 2 aliphatic rings. The number of hydrogen-bond donors (Lipinski definition) is 1. The first-order valence-electron chi connectivity index (χ1n) is 6.97. The Hall–Kier alpha value is -2.09. The van der Waals surface area contributed by atoms with Crippen molar-refractivity contribution in [2.45, 2.75) is 39.7 Å². The number of fused-ring (bicyclic) bond motifs is 2. The van der Waals surface area contributed by atoms with E-state index in [-0.39, 0.29) is 23.4 Å². The lowest BCUT2D eigenvalue weighted by Gasteiger charge is -2.42. The average molecular weight is 290 g/mol. The zero-order chi connectivity index (χ0) is 15.3. The molecule has 3 rings (SSSR count). The van der Waals surface area contributed by atoms with Crippen molar-refractivity contribution in [3.05, 3.63) is 5.82 Å². The van der Waals surface area contributed by atoms with Crippen LogP contribution in [0.2, 0.25) is 0 Å². The van der Waals surface area contributed by atoms with Gasteiger partial charge in [-0.25, -0.2) is 5.84 Å². The van der Waals surface area contributed by atoms with Crippen LogP contribution in [-0.4, -0.2) is 38.2 Å². The van der Waals surface area contributed by atoms with E-state index in [4.69, 9.17) is 5.84 Å². The molecule has 1 fully saturated rings. The maximum absolute atomic E-state index is 11.9. The molecule has 1 aliphatic heterocycles. The number of aryl methyl sites for hydroxylation is 1. The van der Waals surface area contributed by atoms with E-state index >= 15 is 0 Å². The van der Waals surface area contributed by atoms with Gasteiger partial charge < -0.3 is 0 Å². The Labute approximate surface area is 122 Å². The van der Waals surface area contributed by atoms with Gasteiger partial charge in [0.2, 0.25) is 0 Å². The molecule has 0 saturated heterocycles. The smallest absolute Gasteiger partial charge is 0.263 e. The molecule has 1 aromatic heterocycles. The van der Waals surface area contributed by atoms with Crippen LogP contribution in [0.5, 0.6) is 0 Å². The van der Waals surface area contributed by atoms with Gasteiger partial charge in [0.15, 0.2) is 5.82 Å². The molecule has 0 bridgehead atoms. The Morgan fingerprint density at radius 2 is 1.90 bits per heavy atom. The van der Waals surface area contributed by atoms with Crippen LogP contribution < -0.4 is 10.9 Å². The number of hydrazine groups is 1. The predicted octanol–water partition coefficient (Wildman–Crippen LogP) is 0.0571. The Morgan fingerprint density at radius 1 is 1.19 bits per heavy atom.